The number of halogens is 2. The first-order valence-electron chi connectivity index (χ1n) is 17.1. The van der Waals surface area contributed by atoms with Crippen LogP contribution in [0.15, 0.2) is 58.5 Å². The lowest BCUT2D eigenvalue weighted by atomic mass is 9.77. The van der Waals surface area contributed by atoms with Gasteiger partial charge in [-0.3, -0.25) is 0 Å². The second-order valence-electron chi connectivity index (χ2n) is 13.7. The van der Waals surface area contributed by atoms with Gasteiger partial charge in [0.15, 0.2) is 5.82 Å². The van der Waals surface area contributed by atoms with E-state index in [1.54, 1.807) is 0 Å². The lowest BCUT2D eigenvalue weighted by molar-refractivity contribution is 0.107. The molecule has 3 fully saturated rings. The van der Waals surface area contributed by atoms with Gasteiger partial charge in [-0.15, -0.1) is 0 Å². The van der Waals surface area contributed by atoms with Gasteiger partial charge < -0.3 is 15.5 Å². The number of piperidine rings is 1. The Morgan fingerprint density at radius 3 is 2.58 bits per heavy atom. The molecule has 2 N–H and O–H groups in total. The second kappa shape index (κ2) is 14.8. The third kappa shape index (κ3) is 7.51. The summed E-state index contributed by atoms with van der Waals surface area (Å²) in [5.41, 5.74) is 2.99. The van der Waals surface area contributed by atoms with Crippen LogP contribution in [0.25, 0.3) is 21.9 Å². The van der Waals surface area contributed by atoms with Gasteiger partial charge >= 0.3 is 0 Å². The zero-order valence-electron chi connectivity index (χ0n) is 26.9. The first-order valence-corrected chi connectivity index (χ1v) is 17.5. The number of rotatable bonds is 11. The molecule has 5 nitrogen and oxygen atoms in total. The van der Waals surface area contributed by atoms with Crippen LogP contribution in [0.1, 0.15) is 76.2 Å². The Labute approximate surface area is 273 Å². The van der Waals surface area contributed by atoms with Crippen molar-refractivity contribution in [2.24, 2.45) is 15.4 Å². The van der Waals surface area contributed by atoms with Gasteiger partial charge in [0.1, 0.15) is 11.5 Å². The van der Waals surface area contributed by atoms with Gasteiger partial charge in [-0.1, -0.05) is 66.9 Å². The zero-order valence-corrected chi connectivity index (χ0v) is 27.6. The fraction of sp³-hybridized carbons (Fsp3) is 0.526. The van der Waals surface area contributed by atoms with Crippen molar-refractivity contribution >= 4 is 40.6 Å². The molecule has 1 saturated carbocycles. The zero-order chi connectivity index (χ0) is 31.2. The summed E-state index contributed by atoms with van der Waals surface area (Å²) in [6, 6.07) is 16.6. The van der Waals surface area contributed by atoms with E-state index in [1.165, 1.54) is 51.6 Å². The summed E-state index contributed by atoms with van der Waals surface area (Å²) in [5.74, 6) is 0.214. The quantitative estimate of drug-likeness (QED) is 0.127. The van der Waals surface area contributed by atoms with Crippen LogP contribution in [-0.4, -0.2) is 62.8 Å². The summed E-state index contributed by atoms with van der Waals surface area (Å²) in [4.78, 5) is 11.8. The molecule has 2 saturated heterocycles. The molecule has 1 aliphatic carbocycles. The maximum Gasteiger partial charge on any atom is 0.158 e. The van der Waals surface area contributed by atoms with Crippen LogP contribution in [0.4, 0.5) is 10.1 Å². The third-order valence-corrected chi connectivity index (χ3v) is 11.0. The van der Waals surface area contributed by atoms with Crippen molar-refractivity contribution in [3.8, 4) is 11.1 Å². The minimum atomic E-state index is -0.381. The number of unbranched alkanes of at least 4 members (excludes halogenated alkanes) is 1. The lowest BCUT2D eigenvalue weighted by Gasteiger charge is -2.39. The smallest absolute Gasteiger partial charge is 0.158 e. The van der Waals surface area contributed by atoms with Crippen LogP contribution < -0.4 is 10.6 Å². The number of fused-ring (bicyclic) bond motifs is 1. The molecule has 2 atom stereocenters. The van der Waals surface area contributed by atoms with Gasteiger partial charge in [-0.05, 0) is 125 Å². The highest BCUT2D eigenvalue weighted by molar-refractivity contribution is 6.34. The molecule has 0 bridgehead atoms. The number of nitrogens with one attached hydrogen (secondary N) is 2. The largest absolute Gasteiger partial charge is 0.318 e. The topological polar surface area (TPSA) is 52.0 Å². The molecule has 3 aromatic carbocycles. The number of nitrogens with zero attached hydrogens (tertiary/aromatic N) is 3. The molecule has 3 aliphatic rings. The van der Waals surface area contributed by atoms with E-state index in [0.717, 1.165) is 60.7 Å². The normalized spacial score (nSPS) is 22.1. The maximum absolute atomic E-state index is 16.8. The van der Waals surface area contributed by atoms with Crippen molar-refractivity contribution in [1.82, 2.24) is 15.5 Å². The van der Waals surface area contributed by atoms with Crippen molar-refractivity contribution in [1.29, 1.82) is 0 Å². The molecule has 7 heteroatoms. The van der Waals surface area contributed by atoms with Crippen LogP contribution in [0, 0.1) is 11.2 Å². The van der Waals surface area contributed by atoms with E-state index >= 15 is 4.39 Å². The monoisotopic (exact) mass is 629 g/mol. The van der Waals surface area contributed by atoms with E-state index in [2.05, 4.69) is 27.2 Å². The first kappa shape index (κ1) is 32.3. The minimum Gasteiger partial charge on any atom is -0.318 e. The Morgan fingerprint density at radius 1 is 1.04 bits per heavy atom. The molecule has 240 valence electrons. The van der Waals surface area contributed by atoms with Crippen molar-refractivity contribution < 1.29 is 4.39 Å². The summed E-state index contributed by atoms with van der Waals surface area (Å²) < 4.78 is 16.8. The minimum absolute atomic E-state index is 0.240. The highest BCUT2D eigenvalue weighted by Crippen LogP contribution is 2.46. The molecule has 0 radical (unpaired) electrons. The van der Waals surface area contributed by atoms with Gasteiger partial charge in [0.05, 0.1) is 5.02 Å². The van der Waals surface area contributed by atoms with Crippen molar-refractivity contribution in [2.45, 2.75) is 89.1 Å². The third-order valence-electron chi connectivity index (χ3n) is 10.7. The molecule has 3 aromatic rings. The van der Waals surface area contributed by atoms with Crippen molar-refractivity contribution in [2.75, 3.05) is 33.2 Å². The number of hydrogen-bond donors (Lipinski definition) is 2. The SMILES string of the molecule is C=NC(CCCCN1CCC2(CCCC2)CC1)=Nc1c(CC2CCC(CNC)N2)cc(Cl)c(-c2cccc3ccccc23)c1F. The van der Waals surface area contributed by atoms with Crippen LogP contribution in [0.2, 0.25) is 5.02 Å². The maximum atomic E-state index is 16.8. The molecule has 0 aromatic heterocycles. The Bertz CT molecular complexity index is 1500. The van der Waals surface area contributed by atoms with Crippen LogP contribution in [-0.2, 0) is 6.42 Å². The van der Waals surface area contributed by atoms with E-state index in [0.29, 0.717) is 46.4 Å². The average molecular weight is 630 g/mol. The van der Waals surface area contributed by atoms with Crippen molar-refractivity contribution in [3.05, 3.63) is 64.9 Å². The average Bonchev–Trinajstić information content (AvgIpc) is 3.70. The number of benzene rings is 3. The van der Waals surface area contributed by atoms with Gasteiger partial charge in [-0.2, -0.15) is 0 Å². The Kier molecular flexibility index (Phi) is 10.7. The fourth-order valence-corrected chi connectivity index (χ4v) is 8.47. The fourth-order valence-electron chi connectivity index (χ4n) is 8.15. The number of likely N-dealkylation sites (N-methyl/N-ethyl adjacent to an activating group) is 1. The van der Waals surface area contributed by atoms with Crippen LogP contribution in [0.5, 0.6) is 0 Å². The number of aliphatic imine (C=N–C) groups is 2. The molecule has 45 heavy (non-hydrogen) atoms. The summed E-state index contributed by atoms with van der Waals surface area (Å²) in [6.45, 7) is 8.31. The highest BCUT2D eigenvalue weighted by Gasteiger charge is 2.36. The lowest BCUT2D eigenvalue weighted by Crippen LogP contribution is -2.39. The van der Waals surface area contributed by atoms with Gasteiger partial charge in [0.25, 0.3) is 0 Å². The number of hydrogen-bond acceptors (Lipinski definition) is 4. The second-order valence-corrected chi connectivity index (χ2v) is 14.1. The number of likely N-dealkylation sites (tertiary alicyclic amines) is 1. The molecule has 2 heterocycles. The van der Waals surface area contributed by atoms with E-state index < -0.39 is 0 Å². The van der Waals surface area contributed by atoms with Gasteiger partial charge in [0, 0.05) is 30.6 Å². The molecule has 6 rings (SSSR count). The van der Waals surface area contributed by atoms with Crippen LogP contribution in [0.3, 0.4) is 0 Å². The Morgan fingerprint density at radius 2 is 1.80 bits per heavy atom. The summed E-state index contributed by atoms with van der Waals surface area (Å²) >= 11 is 6.93. The number of amidine groups is 1. The predicted molar refractivity (Wildman–Crippen MR) is 189 cm³/mol. The first-order chi connectivity index (χ1) is 22.0. The summed E-state index contributed by atoms with van der Waals surface area (Å²) in [7, 11) is 1.98. The van der Waals surface area contributed by atoms with E-state index in [9.17, 15) is 0 Å². The molecule has 0 amide bonds. The standard InChI is InChI=1S/C38H49ClFN5/c1-41-26-30-16-15-29(43-30)24-28-25-33(39)35(32-13-9-11-27-10-3-4-12-31(27)32)36(40)37(28)44-34(42-2)14-5-8-21-45-22-19-38(20-23-45)17-6-7-18-38/h3-4,9-13,25,29-30,41,43H,2,5-8,14-24,26H2,1H3. The summed E-state index contributed by atoms with van der Waals surface area (Å²) in [5, 5.41) is 9.41. The van der Waals surface area contributed by atoms with Crippen LogP contribution >= 0.6 is 11.6 Å². The molecular weight excluding hydrogens is 581 g/mol. The Hall–Kier alpha value is -2.64. The van der Waals surface area contributed by atoms with E-state index in [-0.39, 0.29) is 11.9 Å². The molecule has 2 unspecified atom stereocenters. The van der Waals surface area contributed by atoms with Gasteiger partial charge in [-0.25, -0.2) is 14.4 Å². The van der Waals surface area contributed by atoms with E-state index in [1.807, 2.05) is 55.6 Å². The van der Waals surface area contributed by atoms with Crippen molar-refractivity contribution in [3.63, 3.8) is 0 Å². The van der Waals surface area contributed by atoms with E-state index in [4.69, 9.17) is 16.6 Å². The molecule has 2 aliphatic heterocycles. The molecular formula is C38H49ClFN5. The highest BCUT2D eigenvalue weighted by atomic mass is 35.5. The summed E-state index contributed by atoms with van der Waals surface area (Å²) in [6.07, 6.45) is 13.9. The predicted octanol–water partition coefficient (Wildman–Crippen LogP) is 8.74. The Balaban J connectivity index is 1.22. The molecule has 1 spiro atoms. The van der Waals surface area contributed by atoms with Gasteiger partial charge in [0.2, 0.25) is 0 Å².